The van der Waals surface area contributed by atoms with Crippen LogP contribution in [0.15, 0.2) is 59.5 Å². The third kappa shape index (κ3) is 3.78. The Morgan fingerprint density at radius 2 is 1.80 bits per heavy atom. The average molecular weight is 287 g/mol. The number of rotatable bonds is 5. The summed E-state index contributed by atoms with van der Waals surface area (Å²) in [6, 6.07) is 16.9. The van der Waals surface area contributed by atoms with Gasteiger partial charge in [-0.25, -0.2) is 0 Å². The number of carbonyl (C=O) groups is 1. The van der Waals surface area contributed by atoms with E-state index in [9.17, 15) is 9.90 Å². The number of phenols is 1. The second-order valence-electron chi connectivity index (χ2n) is 4.38. The molecule has 1 amide bonds. The van der Waals surface area contributed by atoms with Gasteiger partial charge in [0.05, 0.1) is 5.25 Å². The number of aromatic hydroxyl groups is 1. The van der Waals surface area contributed by atoms with Crippen molar-refractivity contribution in [3.63, 3.8) is 0 Å². The first-order chi connectivity index (χ1) is 9.70. The SMILES string of the molecule is CNC(=O)[C@H](Cc1ccccc1)Sc1ccccc1O. The van der Waals surface area contributed by atoms with Crippen molar-refractivity contribution in [3.05, 3.63) is 60.2 Å². The number of benzene rings is 2. The minimum Gasteiger partial charge on any atom is -0.507 e. The first-order valence-corrected chi connectivity index (χ1v) is 7.29. The molecular weight excluding hydrogens is 270 g/mol. The number of hydrogen-bond donors (Lipinski definition) is 2. The van der Waals surface area contributed by atoms with Gasteiger partial charge in [-0.15, -0.1) is 11.8 Å². The summed E-state index contributed by atoms with van der Waals surface area (Å²) in [5.74, 6) is 0.168. The van der Waals surface area contributed by atoms with Crippen molar-refractivity contribution >= 4 is 17.7 Å². The molecule has 4 heteroatoms. The van der Waals surface area contributed by atoms with Crippen LogP contribution in [0, 0.1) is 0 Å². The van der Waals surface area contributed by atoms with Crippen molar-refractivity contribution in [1.82, 2.24) is 5.32 Å². The quantitative estimate of drug-likeness (QED) is 0.831. The molecule has 20 heavy (non-hydrogen) atoms. The number of phenolic OH excluding ortho intramolecular Hbond substituents is 1. The molecule has 2 aromatic carbocycles. The molecule has 0 fully saturated rings. The van der Waals surface area contributed by atoms with Crippen LogP contribution in [0.1, 0.15) is 5.56 Å². The summed E-state index contributed by atoms with van der Waals surface area (Å²) in [5, 5.41) is 12.2. The fraction of sp³-hybridized carbons (Fsp3) is 0.188. The van der Waals surface area contributed by atoms with E-state index < -0.39 is 0 Å². The van der Waals surface area contributed by atoms with Crippen molar-refractivity contribution in [3.8, 4) is 5.75 Å². The monoisotopic (exact) mass is 287 g/mol. The smallest absolute Gasteiger partial charge is 0.233 e. The fourth-order valence-corrected chi connectivity index (χ4v) is 3.04. The molecule has 0 aliphatic rings. The van der Waals surface area contributed by atoms with E-state index in [-0.39, 0.29) is 16.9 Å². The molecule has 0 unspecified atom stereocenters. The maximum absolute atomic E-state index is 12.0. The second kappa shape index (κ2) is 7.01. The number of thioether (sulfide) groups is 1. The van der Waals surface area contributed by atoms with E-state index in [0.717, 1.165) is 10.5 Å². The normalized spacial score (nSPS) is 11.8. The first kappa shape index (κ1) is 14.5. The number of para-hydroxylation sites is 1. The summed E-state index contributed by atoms with van der Waals surface area (Å²) in [5.41, 5.74) is 1.10. The molecule has 0 saturated heterocycles. The molecule has 0 radical (unpaired) electrons. The van der Waals surface area contributed by atoms with Gasteiger partial charge in [0.2, 0.25) is 5.91 Å². The van der Waals surface area contributed by atoms with Gasteiger partial charge in [-0.05, 0) is 24.1 Å². The molecule has 0 aromatic heterocycles. The minimum absolute atomic E-state index is 0.0397. The zero-order valence-electron chi connectivity index (χ0n) is 11.2. The van der Waals surface area contributed by atoms with Crippen LogP contribution in [0.5, 0.6) is 5.75 Å². The van der Waals surface area contributed by atoms with E-state index >= 15 is 0 Å². The van der Waals surface area contributed by atoms with E-state index in [1.807, 2.05) is 42.5 Å². The number of nitrogens with one attached hydrogen (secondary N) is 1. The minimum atomic E-state index is -0.268. The molecule has 0 saturated carbocycles. The largest absolute Gasteiger partial charge is 0.507 e. The van der Waals surface area contributed by atoms with Crippen molar-refractivity contribution < 1.29 is 9.90 Å². The van der Waals surface area contributed by atoms with E-state index in [0.29, 0.717) is 6.42 Å². The molecule has 3 nitrogen and oxygen atoms in total. The Balaban J connectivity index is 2.16. The molecule has 104 valence electrons. The van der Waals surface area contributed by atoms with E-state index in [2.05, 4.69) is 5.32 Å². The molecule has 0 heterocycles. The predicted octanol–water partition coefficient (Wildman–Crippen LogP) is 2.84. The van der Waals surface area contributed by atoms with E-state index in [1.165, 1.54) is 11.8 Å². The Morgan fingerprint density at radius 3 is 2.45 bits per heavy atom. The van der Waals surface area contributed by atoms with E-state index in [4.69, 9.17) is 0 Å². The third-order valence-corrected chi connectivity index (χ3v) is 4.20. The van der Waals surface area contributed by atoms with Crippen molar-refractivity contribution in [2.75, 3.05) is 7.05 Å². The van der Waals surface area contributed by atoms with Crippen LogP contribution in [0.2, 0.25) is 0 Å². The lowest BCUT2D eigenvalue weighted by molar-refractivity contribution is -0.120. The van der Waals surface area contributed by atoms with Gasteiger partial charge in [0, 0.05) is 11.9 Å². The van der Waals surface area contributed by atoms with Crippen LogP contribution in [-0.4, -0.2) is 23.3 Å². The van der Waals surface area contributed by atoms with Gasteiger partial charge < -0.3 is 10.4 Å². The highest BCUT2D eigenvalue weighted by molar-refractivity contribution is 8.00. The zero-order chi connectivity index (χ0) is 14.4. The summed E-state index contributed by atoms with van der Waals surface area (Å²) in [4.78, 5) is 12.7. The van der Waals surface area contributed by atoms with Gasteiger partial charge >= 0.3 is 0 Å². The Kier molecular flexibility index (Phi) is 5.07. The highest BCUT2D eigenvalue weighted by Gasteiger charge is 2.20. The van der Waals surface area contributed by atoms with Gasteiger partial charge in [-0.3, -0.25) is 4.79 Å². The van der Waals surface area contributed by atoms with Crippen LogP contribution in [-0.2, 0) is 11.2 Å². The van der Waals surface area contributed by atoms with Crippen molar-refractivity contribution in [1.29, 1.82) is 0 Å². The Hall–Kier alpha value is -1.94. The van der Waals surface area contributed by atoms with E-state index in [1.54, 1.807) is 19.2 Å². The maximum atomic E-state index is 12.0. The summed E-state index contributed by atoms with van der Waals surface area (Å²) < 4.78 is 0. The number of carbonyl (C=O) groups excluding carboxylic acids is 1. The molecule has 2 aromatic rings. The maximum Gasteiger partial charge on any atom is 0.233 e. The summed E-state index contributed by atoms with van der Waals surface area (Å²) in [6.07, 6.45) is 0.625. The summed E-state index contributed by atoms with van der Waals surface area (Å²) >= 11 is 1.38. The molecular formula is C16H17NO2S. The van der Waals surface area contributed by atoms with Crippen molar-refractivity contribution in [2.45, 2.75) is 16.6 Å². The molecule has 0 aliphatic heterocycles. The Morgan fingerprint density at radius 1 is 1.15 bits per heavy atom. The molecule has 0 aliphatic carbocycles. The average Bonchev–Trinajstić information content (AvgIpc) is 2.49. The Bertz CT molecular complexity index is 572. The lowest BCUT2D eigenvalue weighted by Gasteiger charge is -2.15. The van der Waals surface area contributed by atoms with Crippen LogP contribution >= 0.6 is 11.8 Å². The first-order valence-electron chi connectivity index (χ1n) is 6.41. The zero-order valence-corrected chi connectivity index (χ0v) is 12.1. The number of hydrogen-bond acceptors (Lipinski definition) is 3. The molecule has 0 spiro atoms. The molecule has 0 bridgehead atoms. The molecule has 2 N–H and O–H groups in total. The highest BCUT2D eigenvalue weighted by atomic mass is 32.2. The highest BCUT2D eigenvalue weighted by Crippen LogP contribution is 2.32. The Labute approximate surface area is 123 Å². The van der Waals surface area contributed by atoms with Gasteiger partial charge in [-0.1, -0.05) is 42.5 Å². The van der Waals surface area contributed by atoms with Gasteiger partial charge in [0.1, 0.15) is 5.75 Å². The van der Waals surface area contributed by atoms with Crippen LogP contribution in [0.3, 0.4) is 0 Å². The summed E-state index contributed by atoms with van der Waals surface area (Å²) in [6.45, 7) is 0. The number of amides is 1. The van der Waals surface area contributed by atoms with Gasteiger partial charge in [-0.2, -0.15) is 0 Å². The predicted molar refractivity (Wildman–Crippen MR) is 82.0 cm³/mol. The lowest BCUT2D eigenvalue weighted by atomic mass is 10.1. The van der Waals surface area contributed by atoms with Crippen molar-refractivity contribution in [2.24, 2.45) is 0 Å². The van der Waals surface area contributed by atoms with Crippen LogP contribution < -0.4 is 5.32 Å². The summed E-state index contributed by atoms with van der Waals surface area (Å²) in [7, 11) is 1.63. The molecule has 2 rings (SSSR count). The standard InChI is InChI=1S/C16H17NO2S/c1-17-16(19)15(11-12-7-3-2-4-8-12)20-14-10-6-5-9-13(14)18/h2-10,15,18H,11H2,1H3,(H,17,19)/t15-/m0/s1. The van der Waals surface area contributed by atoms with Crippen LogP contribution in [0.4, 0.5) is 0 Å². The van der Waals surface area contributed by atoms with Gasteiger partial charge in [0.15, 0.2) is 0 Å². The topological polar surface area (TPSA) is 49.3 Å². The van der Waals surface area contributed by atoms with Crippen LogP contribution in [0.25, 0.3) is 0 Å². The van der Waals surface area contributed by atoms with Gasteiger partial charge in [0.25, 0.3) is 0 Å². The third-order valence-electron chi connectivity index (χ3n) is 2.94. The fourth-order valence-electron chi connectivity index (χ4n) is 1.89. The lowest BCUT2D eigenvalue weighted by Crippen LogP contribution is -2.31. The second-order valence-corrected chi connectivity index (χ2v) is 5.62. The molecule has 1 atom stereocenters.